The molecule has 2 aromatic heterocycles. The highest BCUT2D eigenvalue weighted by Crippen LogP contribution is 2.23. The maximum absolute atomic E-state index is 13.2. The second-order valence-corrected chi connectivity index (χ2v) is 6.32. The summed E-state index contributed by atoms with van der Waals surface area (Å²) in [6.07, 6.45) is 0. The topological polar surface area (TPSA) is 82.2 Å². The first-order valence-corrected chi connectivity index (χ1v) is 8.78. The monoisotopic (exact) mass is 392 g/mol. The van der Waals surface area contributed by atoms with E-state index in [-0.39, 0.29) is 11.6 Å². The van der Waals surface area contributed by atoms with Crippen molar-refractivity contribution in [2.45, 2.75) is 6.92 Å². The van der Waals surface area contributed by atoms with Gasteiger partial charge >= 0.3 is 0 Å². The molecular formula is C21H17FN4O3. The fourth-order valence-electron chi connectivity index (χ4n) is 2.83. The van der Waals surface area contributed by atoms with Crippen molar-refractivity contribution in [3.63, 3.8) is 0 Å². The molecule has 0 saturated heterocycles. The Bertz CT molecular complexity index is 1150. The Morgan fingerprint density at radius 2 is 1.83 bits per heavy atom. The molecule has 0 spiro atoms. The second kappa shape index (κ2) is 7.59. The van der Waals surface area contributed by atoms with Gasteiger partial charge in [-0.25, -0.2) is 9.07 Å². The number of hydrogen-bond donors (Lipinski definition) is 1. The zero-order valence-electron chi connectivity index (χ0n) is 15.7. The number of nitrogens with zero attached hydrogens (tertiary/aromatic N) is 3. The minimum absolute atomic E-state index is 0.0559. The van der Waals surface area contributed by atoms with Crippen LogP contribution in [0.3, 0.4) is 0 Å². The van der Waals surface area contributed by atoms with Gasteiger partial charge in [0.2, 0.25) is 5.76 Å². The third-order valence-corrected chi connectivity index (χ3v) is 4.26. The zero-order chi connectivity index (χ0) is 20.4. The highest BCUT2D eigenvalue weighted by Gasteiger charge is 2.17. The standard InChI is InChI=1S/C21H17FN4O3/c1-13-11-20(26(24-13)16-7-5-15(22)6-8-16)23-21(27)19-12-18(25-29-19)14-3-9-17(28-2)10-4-14/h3-12H,1-2H3,(H,23,27). The Kier molecular flexibility index (Phi) is 4.82. The Balaban J connectivity index is 1.56. The summed E-state index contributed by atoms with van der Waals surface area (Å²) in [5.41, 5.74) is 2.63. The summed E-state index contributed by atoms with van der Waals surface area (Å²) in [6.45, 7) is 1.80. The summed E-state index contributed by atoms with van der Waals surface area (Å²) in [7, 11) is 1.59. The maximum atomic E-state index is 13.2. The van der Waals surface area contributed by atoms with Gasteiger partial charge in [-0.3, -0.25) is 4.79 Å². The lowest BCUT2D eigenvalue weighted by atomic mass is 10.1. The normalized spacial score (nSPS) is 10.7. The van der Waals surface area contributed by atoms with E-state index < -0.39 is 5.91 Å². The average molecular weight is 392 g/mol. The van der Waals surface area contributed by atoms with E-state index in [4.69, 9.17) is 9.26 Å². The van der Waals surface area contributed by atoms with E-state index in [1.807, 2.05) is 12.1 Å². The molecule has 0 atom stereocenters. The molecule has 0 fully saturated rings. The van der Waals surface area contributed by atoms with E-state index in [0.29, 0.717) is 22.9 Å². The van der Waals surface area contributed by atoms with Gasteiger partial charge in [0.05, 0.1) is 18.5 Å². The fraction of sp³-hybridized carbons (Fsp3) is 0.0952. The van der Waals surface area contributed by atoms with E-state index in [9.17, 15) is 9.18 Å². The first-order chi connectivity index (χ1) is 14.0. The lowest BCUT2D eigenvalue weighted by molar-refractivity contribution is 0.0987. The third kappa shape index (κ3) is 3.86. The molecule has 2 heterocycles. The van der Waals surface area contributed by atoms with Crippen LogP contribution in [0.4, 0.5) is 10.2 Å². The van der Waals surface area contributed by atoms with Crippen molar-refractivity contribution in [3.8, 4) is 22.7 Å². The van der Waals surface area contributed by atoms with Crippen LogP contribution in [0.2, 0.25) is 0 Å². The SMILES string of the molecule is COc1ccc(-c2cc(C(=O)Nc3cc(C)nn3-c3ccc(F)cc3)on2)cc1. The van der Waals surface area contributed by atoms with Crippen LogP contribution in [0.1, 0.15) is 16.2 Å². The highest BCUT2D eigenvalue weighted by molar-refractivity contribution is 6.02. The second-order valence-electron chi connectivity index (χ2n) is 6.32. The number of methoxy groups -OCH3 is 1. The molecule has 0 unspecified atom stereocenters. The van der Waals surface area contributed by atoms with Crippen LogP contribution < -0.4 is 10.1 Å². The summed E-state index contributed by atoms with van der Waals surface area (Å²) < 4.78 is 25.1. The predicted octanol–water partition coefficient (Wildman–Crippen LogP) is 4.24. The molecule has 0 aliphatic heterocycles. The largest absolute Gasteiger partial charge is 0.497 e. The van der Waals surface area contributed by atoms with Gasteiger partial charge in [0.15, 0.2) is 0 Å². The summed E-state index contributed by atoms with van der Waals surface area (Å²) in [5.74, 6) is 0.387. The van der Waals surface area contributed by atoms with Crippen molar-refractivity contribution in [2.24, 2.45) is 0 Å². The van der Waals surface area contributed by atoms with Crippen LogP contribution in [0, 0.1) is 12.7 Å². The molecule has 4 aromatic rings. The Hall–Kier alpha value is -3.94. The van der Waals surface area contributed by atoms with Crippen molar-refractivity contribution >= 4 is 11.7 Å². The molecule has 0 aliphatic carbocycles. The molecule has 29 heavy (non-hydrogen) atoms. The van der Waals surface area contributed by atoms with Crippen LogP contribution >= 0.6 is 0 Å². The number of benzene rings is 2. The lowest BCUT2D eigenvalue weighted by Crippen LogP contribution is -2.14. The molecule has 146 valence electrons. The van der Waals surface area contributed by atoms with Gasteiger partial charge in [-0.15, -0.1) is 0 Å². The van der Waals surface area contributed by atoms with Gasteiger partial charge in [0.25, 0.3) is 5.91 Å². The van der Waals surface area contributed by atoms with Gasteiger partial charge in [0, 0.05) is 17.7 Å². The minimum atomic E-state index is -0.472. The number of ether oxygens (including phenoxy) is 1. The molecule has 0 bridgehead atoms. The third-order valence-electron chi connectivity index (χ3n) is 4.26. The van der Waals surface area contributed by atoms with Crippen LogP contribution in [-0.4, -0.2) is 28.0 Å². The first kappa shape index (κ1) is 18.4. The lowest BCUT2D eigenvalue weighted by Gasteiger charge is -2.07. The smallest absolute Gasteiger partial charge is 0.295 e. The van der Waals surface area contributed by atoms with Crippen molar-refractivity contribution in [3.05, 3.63) is 77.9 Å². The first-order valence-electron chi connectivity index (χ1n) is 8.78. The van der Waals surface area contributed by atoms with Crippen molar-refractivity contribution in [1.29, 1.82) is 0 Å². The van der Waals surface area contributed by atoms with Gasteiger partial charge in [-0.1, -0.05) is 5.16 Å². The van der Waals surface area contributed by atoms with Crippen LogP contribution in [0.5, 0.6) is 5.75 Å². The summed E-state index contributed by atoms with van der Waals surface area (Å²) in [4.78, 5) is 12.6. The molecule has 7 nitrogen and oxygen atoms in total. The molecule has 0 aliphatic rings. The molecule has 0 saturated carbocycles. The Morgan fingerprint density at radius 3 is 2.52 bits per heavy atom. The molecule has 8 heteroatoms. The molecule has 1 amide bonds. The predicted molar refractivity (Wildman–Crippen MR) is 105 cm³/mol. The van der Waals surface area contributed by atoms with Gasteiger partial charge in [-0.2, -0.15) is 5.10 Å². The number of carbonyl (C=O) groups excluding carboxylic acids is 1. The molecule has 1 N–H and O–H groups in total. The number of rotatable bonds is 5. The van der Waals surface area contributed by atoms with E-state index in [0.717, 1.165) is 11.3 Å². The van der Waals surface area contributed by atoms with Crippen molar-refractivity contribution in [2.75, 3.05) is 12.4 Å². The summed E-state index contributed by atoms with van der Waals surface area (Å²) in [6, 6.07) is 16.3. The number of carbonyl (C=O) groups is 1. The number of hydrogen-bond acceptors (Lipinski definition) is 5. The van der Waals surface area contributed by atoms with Gasteiger partial charge < -0.3 is 14.6 Å². The average Bonchev–Trinajstić information content (AvgIpc) is 3.36. The zero-order valence-corrected chi connectivity index (χ0v) is 15.7. The van der Waals surface area contributed by atoms with Crippen molar-refractivity contribution in [1.82, 2.24) is 14.9 Å². The molecule has 2 aromatic carbocycles. The van der Waals surface area contributed by atoms with Gasteiger partial charge in [0.1, 0.15) is 23.1 Å². The molecule has 0 radical (unpaired) electrons. The number of aromatic nitrogens is 3. The van der Waals surface area contributed by atoms with E-state index >= 15 is 0 Å². The maximum Gasteiger partial charge on any atom is 0.295 e. The summed E-state index contributed by atoms with van der Waals surface area (Å²) in [5, 5.41) is 11.1. The molecule has 4 rings (SSSR count). The Morgan fingerprint density at radius 1 is 1.10 bits per heavy atom. The van der Waals surface area contributed by atoms with E-state index in [2.05, 4.69) is 15.6 Å². The number of nitrogens with one attached hydrogen (secondary N) is 1. The Labute approximate surface area is 165 Å². The highest BCUT2D eigenvalue weighted by atomic mass is 19.1. The van der Waals surface area contributed by atoms with Gasteiger partial charge in [-0.05, 0) is 55.5 Å². The fourth-order valence-corrected chi connectivity index (χ4v) is 2.83. The number of amides is 1. The van der Waals surface area contributed by atoms with Crippen LogP contribution in [-0.2, 0) is 0 Å². The van der Waals surface area contributed by atoms with Crippen LogP contribution in [0.25, 0.3) is 16.9 Å². The number of anilines is 1. The number of aryl methyl sites for hydroxylation is 1. The van der Waals surface area contributed by atoms with E-state index in [1.54, 1.807) is 50.4 Å². The van der Waals surface area contributed by atoms with Crippen molar-refractivity contribution < 1.29 is 18.4 Å². The summed E-state index contributed by atoms with van der Waals surface area (Å²) >= 11 is 0. The van der Waals surface area contributed by atoms with Crippen LogP contribution in [0.15, 0.2) is 65.2 Å². The quantitative estimate of drug-likeness (QED) is 0.549. The van der Waals surface area contributed by atoms with E-state index in [1.165, 1.54) is 16.8 Å². The number of halogens is 1. The molecular weight excluding hydrogens is 375 g/mol. The minimum Gasteiger partial charge on any atom is -0.497 e.